The molecule has 24 heavy (non-hydrogen) atoms. The molecular weight excluding hydrogens is 306 g/mol. The van der Waals surface area contributed by atoms with E-state index >= 15 is 0 Å². The highest BCUT2D eigenvalue weighted by atomic mass is 16.5. The fourth-order valence-corrected chi connectivity index (χ4v) is 2.91. The average Bonchev–Trinajstić information content (AvgIpc) is 2.96. The molecule has 2 heterocycles. The van der Waals surface area contributed by atoms with E-state index in [4.69, 9.17) is 9.47 Å². The number of aryl methyl sites for hydroxylation is 1. The molecule has 1 aliphatic rings. The van der Waals surface area contributed by atoms with Crippen LogP contribution in [-0.4, -0.2) is 52.4 Å². The average molecular weight is 329 g/mol. The minimum atomic E-state index is -0.824. The minimum Gasteiger partial charge on any atom is -0.490 e. The fourth-order valence-electron chi connectivity index (χ4n) is 2.91. The predicted molar refractivity (Wildman–Crippen MR) is 90.1 cm³/mol. The number of methoxy groups -OCH3 is 1. The molecule has 1 unspecified atom stereocenters. The molecule has 1 N–H and O–H groups in total. The lowest BCUT2D eigenvalue weighted by Crippen LogP contribution is -2.39. The molecule has 1 fully saturated rings. The highest BCUT2D eigenvalue weighted by molar-refractivity contribution is 5.31. The standard InChI is InChI=1S/C18H23N3O3/c1-14-5-3-4-6-16(14)24-13-18(22)7-8-21(12-18)11-15-9-19-17(23-2)20-10-15/h3-6,9-10,22H,7-8,11-13H2,1-2H3. The summed E-state index contributed by atoms with van der Waals surface area (Å²) in [6.07, 6.45) is 4.20. The first-order valence-corrected chi connectivity index (χ1v) is 8.06. The first-order valence-electron chi connectivity index (χ1n) is 8.06. The summed E-state index contributed by atoms with van der Waals surface area (Å²) in [6.45, 7) is 4.40. The first kappa shape index (κ1) is 16.7. The Morgan fingerprint density at radius 1 is 1.25 bits per heavy atom. The van der Waals surface area contributed by atoms with Crippen LogP contribution in [0, 0.1) is 6.92 Å². The molecule has 0 aliphatic carbocycles. The van der Waals surface area contributed by atoms with E-state index in [0.29, 0.717) is 32.1 Å². The van der Waals surface area contributed by atoms with Gasteiger partial charge in [0.1, 0.15) is 18.0 Å². The quantitative estimate of drug-likeness (QED) is 0.872. The maximum atomic E-state index is 10.8. The zero-order valence-electron chi connectivity index (χ0n) is 14.1. The van der Waals surface area contributed by atoms with Crippen LogP contribution in [0.3, 0.4) is 0 Å². The van der Waals surface area contributed by atoms with E-state index in [9.17, 15) is 5.11 Å². The Hall–Kier alpha value is -2.18. The molecule has 1 aromatic carbocycles. The number of hydrogen-bond acceptors (Lipinski definition) is 6. The van der Waals surface area contributed by atoms with Crippen molar-refractivity contribution < 1.29 is 14.6 Å². The van der Waals surface area contributed by atoms with Gasteiger partial charge in [-0.3, -0.25) is 4.90 Å². The molecule has 0 amide bonds. The molecule has 6 heteroatoms. The summed E-state index contributed by atoms with van der Waals surface area (Å²) in [6, 6.07) is 8.22. The largest absolute Gasteiger partial charge is 0.490 e. The van der Waals surface area contributed by atoms with E-state index in [1.807, 2.05) is 31.2 Å². The fraction of sp³-hybridized carbons (Fsp3) is 0.444. The van der Waals surface area contributed by atoms with E-state index in [0.717, 1.165) is 23.4 Å². The molecule has 1 atom stereocenters. The maximum Gasteiger partial charge on any atom is 0.316 e. The highest BCUT2D eigenvalue weighted by Gasteiger charge is 2.37. The number of aromatic nitrogens is 2. The number of β-amino-alcohol motifs (C(OH)–C–C–N with tert-alkyl or cyclic N) is 1. The van der Waals surface area contributed by atoms with Crippen molar-refractivity contribution >= 4 is 0 Å². The lowest BCUT2D eigenvalue weighted by atomic mass is 10.1. The summed E-state index contributed by atoms with van der Waals surface area (Å²) >= 11 is 0. The number of para-hydroxylation sites is 1. The second kappa shape index (κ2) is 7.15. The van der Waals surface area contributed by atoms with Gasteiger partial charge in [-0.25, -0.2) is 9.97 Å². The molecule has 0 radical (unpaired) electrons. The highest BCUT2D eigenvalue weighted by Crippen LogP contribution is 2.25. The predicted octanol–water partition coefficient (Wildman–Crippen LogP) is 1.81. The second-order valence-corrected chi connectivity index (χ2v) is 6.32. The van der Waals surface area contributed by atoms with Gasteiger partial charge in [-0.1, -0.05) is 18.2 Å². The molecular formula is C18H23N3O3. The van der Waals surface area contributed by atoms with Crippen molar-refractivity contribution in [1.82, 2.24) is 14.9 Å². The van der Waals surface area contributed by atoms with Crippen molar-refractivity contribution in [1.29, 1.82) is 0 Å². The molecule has 1 aliphatic heterocycles. The summed E-state index contributed by atoms with van der Waals surface area (Å²) < 4.78 is 10.8. The van der Waals surface area contributed by atoms with E-state index in [1.54, 1.807) is 19.5 Å². The van der Waals surface area contributed by atoms with Crippen molar-refractivity contribution in [2.24, 2.45) is 0 Å². The Labute approximate surface area is 142 Å². The number of likely N-dealkylation sites (tertiary alicyclic amines) is 1. The Morgan fingerprint density at radius 2 is 2.00 bits per heavy atom. The van der Waals surface area contributed by atoms with E-state index < -0.39 is 5.60 Å². The lowest BCUT2D eigenvalue weighted by molar-refractivity contribution is 0.00318. The van der Waals surface area contributed by atoms with Gasteiger partial charge in [-0.05, 0) is 25.0 Å². The van der Waals surface area contributed by atoms with Gasteiger partial charge in [0.15, 0.2) is 0 Å². The molecule has 6 nitrogen and oxygen atoms in total. The molecule has 1 saturated heterocycles. The van der Waals surface area contributed by atoms with Crippen LogP contribution in [0.4, 0.5) is 0 Å². The van der Waals surface area contributed by atoms with E-state index in [-0.39, 0.29) is 0 Å². The van der Waals surface area contributed by atoms with Gasteiger partial charge in [0, 0.05) is 37.6 Å². The zero-order chi connectivity index (χ0) is 17.0. The third kappa shape index (κ3) is 4.01. The van der Waals surface area contributed by atoms with Crippen LogP contribution in [0.15, 0.2) is 36.7 Å². The summed E-state index contributed by atoms with van der Waals surface area (Å²) in [5.74, 6) is 0.827. The van der Waals surface area contributed by atoms with Gasteiger partial charge in [-0.15, -0.1) is 0 Å². The van der Waals surface area contributed by atoms with E-state index in [1.165, 1.54) is 0 Å². The van der Waals surface area contributed by atoms with Gasteiger partial charge in [0.25, 0.3) is 0 Å². The molecule has 2 aromatic rings. The van der Waals surface area contributed by atoms with Gasteiger partial charge in [-0.2, -0.15) is 0 Å². The number of hydrogen-bond donors (Lipinski definition) is 1. The molecule has 0 bridgehead atoms. The maximum absolute atomic E-state index is 10.8. The van der Waals surface area contributed by atoms with Crippen LogP contribution in [-0.2, 0) is 6.54 Å². The molecule has 1 aromatic heterocycles. The van der Waals surface area contributed by atoms with Crippen molar-refractivity contribution in [2.75, 3.05) is 26.8 Å². The smallest absolute Gasteiger partial charge is 0.316 e. The Balaban J connectivity index is 1.54. The zero-order valence-corrected chi connectivity index (χ0v) is 14.1. The van der Waals surface area contributed by atoms with Gasteiger partial charge < -0.3 is 14.6 Å². The number of rotatable bonds is 6. The first-order chi connectivity index (χ1) is 11.6. The van der Waals surface area contributed by atoms with Gasteiger partial charge >= 0.3 is 6.01 Å². The minimum absolute atomic E-state index is 0.299. The summed E-state index contributed by atoms with van der Waals surface area (Å²) in [7, 11) is 1.55. The Kier molecular flexibility index (Phi) is 4.97. The van der Waals surface area contributed by atoms with Crippen LogP contribution >= 0.6 is 0 Å². The molecule has 0 saturated carbocycles. The SMILES string of the molecule is COc1ncc(CN2CCC(O)(COc3ccccc3C)C2)cn1. The third-order valence-corrected chi connectivity index (χ3v) is 4.27. The second-order valence-electron chi connectivity index (χ2n) is 6.32. The van der Waals surface area contributed by atoms with Crippen molar-refractivity contribution in [3.8, 4) is 11.8 Å². The van der Waals surface area contributed by atoms with Crippen LogP contribution in [0.25, 0.3) is 0 Å². The monoisotopic (exact) mass is 329 g/mol. The van der Waals surface area contributed by atoms with Crippen LogP contribution in [0.1, 0.15) is 17.5 Å². The van der Waals surface area contributed by atoms with Crippen LogP contribution in [0.2, 0.25) is 0 Å². The van der Waals surface area contributed by atoms with Gasteiger partial charge in [0.2, 0.25) is 0 Å². The lowest BCUT2D eigenvalue weighted by Gasteiger charge is -2.24. The van der Waals surface area contributed by atoms with Gasteiger partial charge in [0.05, 0.1) is 7.11 Å². The van der Waals surface area contributed by atoms with E-state index in [2.05, 4.69) is 14.9 Å². The van der Waals surface area contributed by atoms with Crippen molar-refractivity contribution in [3.05, 3.63) is 47.8 Å². The normalized spacial score (nSPS) is 21.0. The summed E-state index contributed by atoms with van der Waals surface area (Å²) in [4.78, 5) is 10.4. The third-order valence-electron chi connectivity index (χ3n) is 4.27. The number of nitrogens with zero attached hydrogens (tertiary/aromatic N) is 3. The topological polar surface area (TPSA) is 67.7 Å². The Bertz CT molecular complexity index is 677. The van der Waals surface area contributed by atoms with Crippen molar-refractivity contribution in [2.45, 2.75) is 25.5 Å². The van der Waals surface area contributed by atoms with Crippen LogP contribution < -0.4 is 9.47 Å². The summed E-state index contributed by atoms with van der Waals surface area (Å²) in [5, 5.41) is 10.8. The van der Waals surface area contributed by atoms with Crippen LogP contribution in [0.5, 0.6) is 11.8 Å². The molecule has 3 rings (SSSR count). The summed E-state index contributed by atoms with van der Waals surface area (Å²) in [5.41, 5.74) is 1.25. The Morgan fingerprint density at radius 3 is 2.71 bits per heavy atom. The van der Waals surface area contributed by atoms with Crippen molar-refractivity contribution in [3.63, 3.8) is 0 Å². The molecule has 128 valence electrons. The number of ether oxygens (including phenoxy) is 2. The number of benzene rings is 1. The molecule has 0 spiro atoms. The number of aliphatic hydroxyl groups is 1.